The highest BCUT2D eigenvalue weighted by Gasteiger charge is 2.23. The Morgan fingerprint density at radius 2 is 1.81 bits per heavy atom. The highest BCUT2D eigenvalue weighted by molar-refractivity contribution is 8.00. The molecule has 1 N–H and O–H groups in total. The van der Waals surface area contributed by atoms with Crippen LogP contribution < -0.4 is 5.32 Å². The molecule has 0 atom stereocenters. The van der Waals surface area contributed by atoms with Gasteiger partial charge in [0.1, 0.15) is 27.0 Å². The predicted octanol–water partition coefficient (Wildman–Crippen LogP) is 6.56. The lowest BCUT2D eigenvalue weighted by Gasteiger charge is -2.10. The third kappa shape index (κ3) is 5.35. The second kappa shape index (κ2) is 11.5. The van der Waals surface area contributed by atoms with E-state index in [1.54, 1.807) is 25.2 Å². The van der Waals surface area contributed by atoms with Gasteiger partial charge >= 0.3 is 5.97 Å². The Bertz CT molecular complexity index is 1490. The summed E-state index contributed by atoms with van der Waals surface area (Å²) in [4.78, 5) is 31.9. The van der Waals surface area contributed by atoms with Crippen LogP contribution in [0.5, 0.6) is 0 Å². The first kappa shape index (κ1) is 25.6. The summed E-state index contributed by atoms with van der Waals surface area (Å²) in [6.07, 6.45) is 0. The van der Waals surface area contributed by atoms with E-state index in [1.165, 1.54) is 11.3 Å². The number of hydrogen-bond donors (Lipinski definition) is 1. The third-order valence-corrected chi connectivity index (χ3v) is 8.93. The number of hydrogen-bond acceptors (Lipinski definition) is 10. The van der Waals surface area contributed by atoms with Crippen LogP contribution in [0.25, 0.3) is 21.0 Å². The molecule has 0 aliphatic heterocycles. The Hall–Kier alpha value is -3.48. The van der Waals surface area contributed by atoms with Crippen molar-refractivity contribution in [1.82, 2.24) is 4.98 Å². The topological polar surface area (TPSA) is 116 Å². The Morgan fingerprint density at radius 1 is 1.11 bits per heavy atom. The maximum atomic E-state index is 12.8. The summed E-state index contributed by atoms with van der Waals surface area (Å²) in [6.45, 7) is 3.56. The summed E-state index contributed by atoms with van der Waals surface area (Å²) in [5.41, 5.74) is 2.62. The van der Waals surface area contributed by atoms with Crippen molar-refractivity contribution in [3.05, 3.63) is 62.7 Å². The van der Waals surface area contributed by atoms with E-state index >= 15 is 0 Å². The normalized spacial score (nSPS) is 10.4. The van der Waals surface area contributed by atoms with Gasteiger partial charge in [-0.2, -0.15) is 10.5 Å². The standard InChI is InChI=1S/C25H18N4O3S4/c1-3-32-25(31)22-14(2)16(11-26)24(36-22)29-21(30)13-35-23-17(12-27)15(19-6-4-8-33-19)10-18(28-23)20-7-5-9-34-20/h4-10H,3,13H2,1-2H3,(H,29,30). The van der Waals surface area contributed by atoms with Crippen LogP contribution in [0.2, 0.25) is 0 Å². The number of esters is 1. The van der Waals surface area contributed by atoms with Crippen molar-refractivity contribution < 1.29 is 14.3 Å². The molecule has 0 bridgehead atoms. The monoisotopic (exact) mass is 550 g/mol. The van der Waals surface area contributed by atoms with E-state index in [0.29, 0.717) is 21.2 Å². The fraction of sp³-hybridized carbons (Fsp3) is 0.160. The third-order valence-electron chi connectivity index (χ3n) is 4.97. The number of carbonyl (C=O) groups is 2. The van der Waals surface area contributed by atoms with Crippen LogP contribution in [0.15, 0.2) is 46.1 Å². The minimum atomic E-state index is -0.527. The van der Waals surface area contributed by atoms with Gasteiger partial charge in [-0.3, -0.25) is 4.79 Å². The highest BCUT2D eigenvalue weighted by atomic mass is 32.2. The van der Waals surface area contributed by atoms with Crippen molar-refractivity contribution in [2.24, 2.45) is 0 Å². The van der Waals surface area contributed by atoms with Gasteiger partial charge in [0.25, 0.3) is 0 Å². The van der Waals surface area contributed by atoms with Gasteiger partial charge in [0, 0.05) is 10.4 Å². The van der Waals surface area contributed by atoms with E-state index in [-0.39, 0.29) is 28.7 Å². The highest BCUT2D eigenvalue weighted by Crippen LogP contribution is 2.37. The molecule has 0 saturated carbocycles. The van der Waals surface area contributed by atoms with Gasteiger partial charge < -0.3 is 10.1 Å². The molecule has 7 nitrogen and oxygen atoms in total. The molecular formula is C25H18N4O3S4. The molecule has 36 heavy (non-hydrogen) atoms. The lowest BCUT2D eigenvalue weighted by molar-refractivity contribution is -0.113. The lowest BCUT2D eigenvalue weighted by Crippen LogP contribution is -2.14. The number of aromatic nitrogens is 1. The summed E-state index contributed by atoms with van der Waals surface area (Å²) in [7, 11) is 0. The molecule has 4 aromatic rings. The van der Waals surface area contributed by atoms with E-state index in [0.717, 1.165) is 44.1 Å². The lowest BCUT2D eigenvalue weighted by atomic mass is 10.1. The van der Waals surface area contributed by atoms with Gasteiger partial charge in [0.05, 0.1) is 34.1 Å². The van der Waals surface area contributed by atoms with Crippen molar-refractivity contribution in [3.8, 4) is 33.2 Å². The average Bonchev–Trinajstić information content (AvgIpc) is 3.64. The summed E-state index contributed by atoms with van der Waals surface area (Å²) >= 11 is 5.24. The van der Waals surface area contributed by atoms with E-state index in [2.05, 4.69) is 17.5 Å². The van der Waals surface area contributed by atoms with Gasteiger partial charge in [-0.1, -0.05) is 23.9 Å². The fourth-order valence-electron chi connectivity index (χ4n) is 3.33. The van der Waals surface area contributed by atoms with Crippen molar-refractivity contribution >= 4 is 62.6 Å². The molecule has 4 aromatic heterocycles. The molecule has 0 spiro atoms. The molecule has 4 rings (SSSR count). The van der Waals surface area contributed by atoms with Crippen molar-refractivity contribution in [3.63, 3.8) is 0 Å². The first-order valence-electron chi connectivity index (χ1n) is 10.6. The van der Waals surface area contributed by atoms with Gasteiger partial charge in [-0.25, -0.2) is 9.78 Å². The number of carbonyl (C=O) groups excluding carboxylic acids is 2. The minimum Gasteiger partial charge on any atom is -0.462 e. The van der Waals surface area contributed by atoms with Gasteiger partial charge in [-0.05, 0) is 48.4 Å². The molecule has 0 unspecified atom stereocenters. The number of rotatable bonds is 8. The Labute approximate surface area is 224 Å². The molecule has 180 valence electrons. The maximum Gasteiger partial charge on any atom is 0.348 e. The first-order valence-corrected chi connectivity index (χ1v) is 14.2. The summed E-state index contributed by atoms with van der Waals surface area (Å²) in [5.74, 6) is -0.936. The van der Waals surface area contributed by atoms with Gasteiger partial charge in [0.15, 0.2) is 0 Å². The van der Waals surface area contributed by atoms with Gasteiger partial charge in [0.2, 0.25) is 5.91 Å². The molecule has 4 heterocycles. The zero-order chi connectivity index (χ0) is 25.7. The van der Waals surface area contributed by atoms with E-state index < -0.39 is 5.97 Å². The summed E-state index contributed by atoms with van der Waals surface area (Å²) < 4.78 is 5.05. The number of nitrogens with one attached hydrogen (secondary N) is 1. The summed E-state index contributed by atoms with van der Waals surface area (Å²) in [6, 6.07) is 14.0. The second-order valence-electron chi connectivity index (χ2n) is 7.23. The van der Waals surface area contributed by atoms with E-state index in [4.69, 9.17) is 9.72 Å². The van der Waals surface area contributed by atoms with Crippen molar-refractivity contribution in [1.29, 1.82) is 10.5 Å². The van der Waals surface area contributed by atoms with Crippen LogP contribution in [0, 0.1) is 29.6 Å². The number of nitriles is 2. The zero-order valence-electron chi connectivity index (χ0n) is 19.2. The largest absolute Gasteiger partial charge is 0.462 e. The first-order chi connectivity index (χ1) is 17.5. The molecule has 1 amide bonds. The Morgan fingerprint density at radius 3 is 2.42 bits per heavy atom. The van der Waals surface area contributed by atoms with Crippen LogP contribution in [0.1, 0.15) is 33.3 Å². The molecular weight excluding hydrogens is 533 g/mol. The Kier molecular flexibility index (Phi) is 8.18. The van der Waals surface area contributed by atoms with Crippen LogP contribution in [-0.2, 0) is 9.53 Å². The van der Waals surface area contributed by atoms with E-state index in [9.17, 15) is 20.1 Å². The van der Waals surface area contributed by atoms with E-state index in [1.807, 2.05) is 41.1 Å². The average molecular weight is 551 g/mol. The predicted molar refractivity (Wildman–Crippen MR) is 145 cm³/mol. The van der Waals surface area contributed by atoms with Gasteiger partial charge in [-0.15, -0.1) is 34.0 Å². The van der Waals surface area contributed by atoms with Crippen molar-refractivity contribution in [2.45, 2.75) is 18.9 Å². The molecule has 0 aliphatic carbocycles. The molecule has 0 radical (unpaired) electrons. The molecule has 0 fully saturated rings. The molecule has 0 aromatic carbocycles. The number of anilines is 1. The molecule has 11 heteroatoms. The van der Waals surface area contributed by atoms with Crippen molar-refractivity contribution in [2.75, 3.05) is 17.7 Å². The number of pyridine rings is 1. The van der Waals surface area contributed by atoms with Crippen LogP contribution >= 0.6 is 45.8 Å². The number of amides is 1. The number of thioether (sulfide) groups is 1. The SMILES string of the molecule is CCOC(=O)c1sc(NC(=O)CSc2nc(-c3cccs3)cc(-c3cccs3)c2C#N)c(C#N)c1C. The number of ether oxygens (including phenoxy) is 1. The van der Waals surface area contributed by atoms with Crippen LogP contribution in [0.4, 0.5) is 5.00 Å². The zero-order valence-corrected chi connectivity index (χ0v) is 22.4. The van der Waals surface area contributed by atoms with Crippen LogP contribution in [-0.4, -0.2) is 29.2 Å². The maximum absolute atomic E-state index is 12.8. The number of thiophene rings is 3. The Balaban J connectivity index is 1.60. The quantitative estimate of drug-likeness (QED) is 0.195. The smallest absolute Gasteiger partial charge is 0.348 e. The summed E-state index contributed by atoms with van der Waals surface area (Å²) in [5, 5.41) is 26.9. The minimum absolute atomic E-state index is 0.0317. The second-order valence-corrected chi connectivity index (χ2v) is 11.1. The fourth-order valence-corrected chi connectivity index (χ4v) is 6.64. The molecule has 0 saturated heterocycles. The van der Waals surface area contributed by atoms with Crippen LogP contribution in [0.3, 0.4) is 0 Å². The molecule has 0 aliphatic rings. The number of nitrogens with zero attached hydrogens (tertiary/aromatic N) is 3.